The molecule has 2 N–H and O–H groups in total. The Morgan fingerprint density at radius 2 is 2.20 bits per heavy atom. The van der Waals surface area contributed by atoms with E-state index in [1.165, 1.54) is 7.11 Å². The molecule has 1 aliphatic heterocycles. The Morgan fingerprint density at radius 3 is 2.88 bits per heavy atom. The number of esters is 1. The van der Waals surface area contributed by atoms with E-state index in [4.69, 9.17) is 14.6 Å². The number of rotatable bonds is 5. The van der Waals surface area contributed by atoms with Gasteiger partial charge in [0, 0.05) is 11.1 Å². The second-order valence-electron chi connectivity index (χ2n) is 6.59. The highest BCUT2D eigenvalue weighted by atomic mass is 16.5. The van der Waals surface area contributed by atoms with Crippen molar-refractivity contribution in [2.45, 2.75) is 45.6 Å². The van der Waals surface area contributed by atoms with Crippen LogP contribution in [0.15, 0.2) is 11.6 Å². The summed E-state index contributed by atoms with van der Waals surface area (Å²) in [6.45, 7) is 1.99. The summed E-state index contributed by atoms with van der Waals surface area (Å²) in [6.07, 6.45) is 5.21. The van der Waals surface area contributed by atoms with Crippen molar-refractivity contribution in [3.05, 3.63) is 33.9 Å². The number of cyclic esters (lactones) is 1. The largest absolute Gasteiger partial charge is 0.507 e. The van der Waals surface area contributed by atoms with Crippen LogP contribution in [0.2, 0.25) is 0 Å². The maximum absolute atomic E-state index is 11.9. The van der Waals surface area contributed by atoms with Gasteiger partial charge >= 0.3 is 11.9 Å². The van der Waals surface area contributed by atoms with E-state index >= 15 is 0 Å². The molecule has 1 heterocycles. The topological polar surface area (TPSA) is 93.1 Å². The molecule has 0 saturated heterocycles. The zero-order valence-corrected chi connectivity index (χ0v) is 14.4. The van der Waals surface area contributed by atoms with Crippen LogP contribution < -0.4 is 4.74 Å². The number of hydrogen-bond acceptors (Lipinski definition) is 5. The van der Waals surface area contributed by atoms with Crippen LogP contribution in [-0.4, -0.2) is 29.3 Å². The maximum Gasteiger partial charge on any atom is 0.342 e. The Bertz CT molecular complexity index is 762. The molecule has 3 rings (SSSR count). The maximum atomic E-state index is 11.9. The highest BCUT2D eigenvalue weighted by Crippen LogP contribution is 2.42. The lowest BCUT2D eigenvalue weighted by atomic mass is 9.93. The molecule has 0 spiro atoms. The smallest absolute Gasteiger partial charge is 0.342 e. The summed E-state index contributed by atoms with van der Waals surface area (Å²) in [6, 6.07) is 0. The minimum atomic E-state index is -0.797. The lowest BCUT2D eigenvalue weighted by molar-refractivity contribution is -0.137. The quantitative estimate of drug-likeness (QED) is 0.628. The van der Waals surface area contributed by atoms with E-state index in [0.29, 0.717) is 23.3 Å². The first kappa shape index (κ1) is 17.3. The van der Waals surface area contributed by atoms with Gasteiger partial charge in [-0.05, 0) is 44.1 Å². The molecule has 0 radical (unpaired) electrons. The molecule has 1 aromatic rings. The van der Waals surface area contributed by atoms with Gasteiger partial charge in [-0.25, -0.2) is 4.79 Å². The van der Waals surface area contributed by atoms with E-state index in [0.717, 1.165) is 30.4 Å². The lowest BCUT2D eigenvalue weighted by Gasteiger charge is -2.16. The number of benzene rings is 1. The number of hydrogen-bond donors (Lipinski definition) is 2. The fraction of sp³-hybridized carbons (Fsp3) is 0.474. The fourth-order valence-electron chi connectivity index (χ4n) is 3.92. The molecule has 25 heavy (non-hydrogen) atoms. The van der Waals surface area contributed by atoms with E-state index in [1.807, 2.05) is 13.0 Å². The van der Waals surface area contributed by atoms with E-state index in [2.05, 4.69) is 0 Å². The SMILES string of the molecule is COc1c(C)c2c(c(O)c1CC=C1CCC[C@H]1CC(=O)O)C(=O)OC2. The molecule has 1 aliphatic carbocycles. The number of fused-ring (bicyclic) bond motifs is 1. The Labute approximate surface area is 146 Å². The van der Waals surface area contributed by atoms with Gasteiger partial charge in [-0.15, -0.1) is 0 Å². The molecule has 1 saturated carbocycles. The van der Waals surface area contributed by atoms with Crippen molar-refractivity contribution in [2.24, 2.45) is 5.92 Å². The molecule has 1 atom stereocenters. The van der Waals surface area contributed by atoms with Crippen LogP contribution in [0.3, 0.4) is 0 Å². The number of ether oxygens (including phenoxy) is 2. The number of phenols is 1. The van der Waals surface area contributed by atoms with Crippen LogP contribution in [0.5, 0.6) is 11.5 Å². The van der Waals surface area contributed by atoms with Crippen molar-refractivity contribution in [1.82, 2.24) is 0 Å². The number of aromatic hydroxyl groups is 1. The third-order valence-electron chi connectivity index (χ3n) is 5.18. The molecule has 6 nitrogen and oxygen atoms in total. The molecule has 2 aliphatic rings. The molecule has 0 amide bonds. The number of allylic oxidation sites excluding steroid dienone is 2. The summed E-state index contributed by atoms with van der Waals surface area (Å²) < 4.78 is 10.5. The summed E-state index contributed by atoms with van der Waals surface area (Å²) in [5, 5.41) is 19.6. The van der Waals surface area contributed by atoms with Gasteiger partial charge in [0.15, 0.2) is 0 Å². The number of carbonyl (C=O) groups excluding carboxylic acids is 1. The van der Waals surface area contributed by atoms with Crippen molar-refractivity contribution in [2.75, 3.05) is 7.11 Å². The van der Waals surface area contributed by atoms with Gasteiger partial charge in [0.25, 0.3) is 0 Å². The second-order valence-corrected chi connectivity index (χ2v) is 6.59. The summed E-state index contributed by atoms with van der Waals surface area (Å²) in [4.78, 5) is 22.9. The van der Waals surface area contributed by atoms with Gasteiger partial charge in [-0.3, -0.25) is 4.79 Å². The first-order valence-corrected chi connectivity index (χ1v) is 8.43. The molecular formula is C19H22O6. The van der Waals surface area contributed by atoms with E-state index < -0.39 is 11.9 Å². The predicted octanol–water partition coefficient (Wildman–Crippen LogP) is 3.12. The molecule has 134 valence electrons. The number of aliphatic carboxylic acids is 1. The Hall–Kier alpha value is -2.50. The minimum absolute atomic E-state index is 0.0473. The van der Waals surface area contributed by atoms with Crippen LogP contribution in [-0.2, 0) is 22.6 Å². The number of carboxylic acids is 1. The number of carboxylic acid groups (broad SMARTS) is 1. The highest BCUT2D eigenvalue weighted by Gasteiger charge is 2.32. The third kappa shape index (κ3) is 3.08. The standard InChI is InChI=1S/C19H22O6/c1-10-14-9-25-19(23)16(14)17(22)13(18(10)24-2)7-6-11-4-3-5-12(11)8-15(20)21/h6,12,22H,3-5,7-9H2,1-2H3,(H,20,21)/t12-/m0/s1. The molecule has 0 aromatic heterocycles. The van der Waals surface area contributed by atoms with Gasteiger partial charge in [0.05, 0.1) is 13.5 Å². The molecule has 0 bridgehead atoms. The van der Waals surface area contributed by atoms with Crippen LogP contribution in [0.25, 0.3) is 0 Å². The monoisotopic (exact) mass is 346 g/mol. The zero-order chi connectivity index (χ0) is 18.1. The lowest BCUT2D eigenvalue weighted by Crippen LogP contribution is -2.06. The molecule has 1 fully saturated rings. The first-order valence-electron chi connectivity index (χ1n) is 8.43. The van der Waals surface area contributed by atoms with Crippen molar-refractivity contribution in [3.63, 3.8) is 0 Å². The first-order chi connectivity index (χ1) is 11.9. The summed E-state index contributed by atoms with van der Waals surface area (Å²) in [5.74, 6) is -0.805. The average molecular weight is 346 g/mol. The van der Waals surface area contributed by atoms with Crippen molar-refractivity contribution < 1.29 is 29.3 Å². The second kappa shape index (κ2) is 6.78. The van der Waals surface area contributed by atoms with Crippen molar-refractivity contribution in [1.29, 1.82) is 0 Å². The van der Waals surface area contributed by atoms with Gasteiger partial charge in [0.2, 0.25) is 0 Å². The van der Waals surface area contributed by atoms with E-state index in [-0.39, 0.29) is 30.3 Å². The molecule has 6 heteroatoms. The molecule has 0 unspecified atom stereocenters. The molecule has 1 aromatic carbocycles. The third-order valence-corrected chi connectivity index (χ3v) is 5.18. The van der Waals surface area contributed by atoms with Crippen molar-refractivity contribution >= 4 is 11.9 Å². The van der Waals surface area contributed by atoms with Gasteiger partial charge in [-0.1, -0.05) is 11.6 Å². The highest BCUT2D eigenvalue weighted by molar-refractivity contribution is 5.98. The Morgan fingerprint density at radius 1 is 1.44 bits per heavy atom. The number of methoxy groups -OCH3 is 1. The Kier molecular flexibility index (Phi) is 4.70. The molecular weight excluding hydrogens is 324 g/mol. The van der Waals surface area contributed by atoms with Crippen LogP contribution in [0.4, 0.5) is 0 Å². The van der Waals surface area contributed by atoms with Gasteiger partial charge in [0.1, 0.15) is 23.7 Å². The van der Waals surface area contributed by atoms with Crippen molar-refractivity contribution in [3.8, 4) is 11.5 Å². The average Bonchev–Trinajstić information content (AvgIpc) is 3.15. The normalized spacial score (nSPS) is 20.6. The minimum Gasteiger partial charge on any atom is -0.507 e. The number of carbonyl (C=O) groups is 2. The summed E-state index contributed by atoms with van der Waals surface area (Å²) in [7, 11) is 1.53. The zero-order valence-electron chi connectivity index (χ0n) is 14.4. The van der Waals surface area contributed by atoms with Crippen LogP contribution >= 0.6 is 0 Å². The van der Waals surface area contributed by atoms with E-state index in [1.54, 1.807) is 0 Å². The van der Waals surface area contributed by atoms with Gasteiger partial charge in [-0.2, -0.15) is 0 Å². The van der Waals surface area contributed by atoms with Crippen LogP contribution in [0, 0.1) is 12.8 Å². The van der Waals surface area contributed by atoms with Crippen LogP contribution in [0.1, 0.15) is 52.7 Å². The van der Waals surface area contributed by atoms with Gasteiger partial charge < -0.3 is 19.7 Å². The fourth-order valence-corrected chi connectivity index (χ4v) is 3.92. The number of phenolic OH excluding ortho intramolecular Hbond substituents is 1. The summed E-state index contributed by atoms with van der Waals surface area (Å²) in [5.41, 5.74) is 3.33. The Balaban J connectivity index is 1.96. The predicted molar refractivity (Wildman–Crippen MR) is 89.9 cm³/mol. The summed E-state index contributed by atoms with van der Waals surface area (Å²) >= 11 is 0. The van der Waals surface area contributed by atoms with E-state index in [9.17, 15) is 14.7 Å².